The van der Waals surface area contributed by atoms with E-state index >= 15 is 0 Å². The SMILES string of the molecule is COc1ccc(-c2ccc(OC)cc2C(=O)N2CCC3(CC2)NC(=O)N(C)C3=O)cc1. The molecule has 2 saturated heterocycles. The van der Waals surface area contributed by atoms with Crippen molar-refractivity contribution in [2.24, 2.45) is 0 Å². The number of amides is 4. The number of piperidine rings is 1. The lowest BCUT2D eigenvalue weighted by molar-refractivity contribution is -0.131. The molecule has 0 atom stereocenters. The summed E-state index contributed by atoms with van der Waals surface area (Å²) in [6.45, 7) is 0.746. The van der Waals surface area contributed by atoms with E-state index in [0.29, 0.717) is 37.2 Å². The summed E-state index contributed by atoms with van der Waals surface area (Å²) < 4.78 is 10.6. The van der Waals surface area contributed by atoms with Crippen molar-refractivity contribution < 1.29 is 23.9 Å². The molecular formula is C23H25N3O5. The molecule has 2 aromatic rings. The van der Waals surface area contributed by atoms with E-state index in [0.717, 1.165) is 21.8 Å². The number of carbonyl (C=O) groups excluding carboxylic acids is 3. The van der Waals surface area contributed by atoms with Crippen molar-refractivity contribution in [2.75, 3.05) is 34.4 Å². The van der Waals surface area contributed by atoms with E-state index in [1.807, 2.05) is 36.4 Å². The average molecular weight is 423 g/mol. The summed E-state index contributed by atoms with van der Waals surface area (Å²) in [7, 11) is 4.64. The van der Waals surface area contributed by atoms with Crippen molar-refractivity contribution in [3.05, 3.63) is 48.0 Å². The number of ether oxygens (including phenoxy) is 2. The molecule has 2 aliphatic rings. The number of likely N-dealkylation sites (tertiary alicyclic amines) is 1. The zero-order valence-electron chi connectivity index (χ0n) is 17.8. The Kier molecular flexibility index (Phi) is 5.31. The summed E-state index contributed by atoms with van der Waals surface area (Å²) in [6, 6.07) is 12.6. The number of hydrogen-bond acceptors (Lipinski definition) is 5. The maximum absolute atomic E-state index is 13.5. The van der Waals surface area contributed by atoms with Crippen LogP contribution in [0.25, 0.3) is 11.1 Å². The van der Waals surface area contributed by atoms with Gasteiger partial charge in [0.1, 0.15) is 17.0 Å². The molecule has 2 aromatic carbocycles. The van der Waals surface area contributed by atoms with Gasteiger partial charge in [0, 0.05) is 20.1 Å². The molecule has 4 rings (SSSR count). The number of nitrogens with one attached hydrogen (secondary N) is 1. The molecule has 2 aliphatic heterocycles. The number of benzene rings is 2. The Morgan fingerprint density at radius 2 is 1.58 bits per heavy atom. The molecule has 1 N–H and O–H groups in total. The van der Waals surface area contributed by atoms with E-state index in [-0.39, 0.29) is 17.8 Å². The van der Waals surface area contributed by atoms with E-state index in [2.05, 4.69) is 5.32 Å². The molecule has 8 heteroatoms. The lowest BCUT2D eigenvalue weighted by Crippen LogP contribution is -2.55. The lowest BCUT2D eigenvalue weighted by atomic mass is 9.87. The van der Waals surface area contributed by atoms with E-state index < -0.39 is 5.54 Å². The fourth-order valence-electron chi connectivity index (χ4n) is 4.21. The number of rotatable bonds is 4. The second kappa shape index (κ2) is 7.94. The van der Waals surface area contributed by atoms with Gasteiger partial charge in [0.15, 0.2) is 0 Å². The Morgan fingerprint density at radius 3 is 2.13 bits per heavy atom. The Balaban J connectivity index is 1.60. The van der Waals surface area contributed by atoms with Crippen molar-refractivity contribution >= 4 is 17.8 Å². The molecule has 1 spiro atoms. The number of methoxy groups -OCH3 is 2. The molecule has 31 heavy (non-hydrogen) atoms. The van der Waals surface area contributed by atoms with Crippen LogP contribution in [-0.2, 0) is 4.79 Å². The largest absolute Gasteiger partial charge is 0.497 e. The van der Waals surface area contributed by atoms with Crippen molar-refractivity contribution in [2.45, 2.75) is 18.4 Å². The smallest absolute Gasteiger partial charge is 0.324 e. The summed E-state index contributed by atoms with van der Waals surface area (Å²) in [6.07, 6.45) is 0.769. The molecule has 4 amide bonds. The van der Waals surface area contributed by atoms with Gasteiger partial charge in [0.2, 0.25) is 0 Å². The van der Waals surface area contributed by atoms with Crippen LogP contribution in [-0.4, -0.2) is 67.5 Å². The zero-order valence-corrected chi connectivity index (χ0v) is 17.8. The lowest BCUT2D eigenvalue weighted by Gasteiger charge is -2.37. The quantitative estimate of drug-likeness (QED) is 0.764. The number of likely N-dealkylation sites (N-methyl/N-ethyl adjacent to an activating group) is 1. The predicted molar refractivity (Wildman–Crippen MR) is 114 cm³/mol. The number of hydrogen-bond donors (Lipinski definition) is 1. The molecule has 162 valence electrons. The first kappa shape index (κ1) is 20.7. The first-order valence-electron chi connectivity index (χ1n) is 10.1. The molecule has 0 saturated carbocycles. The highest BCUT2D eigenvalue weighted by Crippen LogP contribution is 2.33. The minimum Gasteiger partial charge on any atom is -0.497 e. The minimum absolute atomic E-state index is 0.135. The minimum atomic E-state index is -0.907. The Labute approximate surface area is 180 Å². The molecule has 2 heterocycles. The van der Waals surface area contributed by atoms with Crippen LogP contribution in [0.15, 0.2) is 42.5 Å². The van der Waals surface area contributed by atoms with Crippen LogP contribution in [0.4, 0.5) is 4.79 Å². The maximum atomic E-state index is 13.5. The van der Waals surface area contributed by atoms with Crippen LogP contribution in [0.5, 0.6) is 11.5 Å². The third-order valence-corrected chi connectivity index (χ3v) is 6.13. The summed E-state index contributed by atoms with van der Waals surface area (Å²) >= 11 is 0. The van der Waals surface area contributed by atoms with Gasteiger partial charge in [-0.05, 0) is 54.3 Å². The van der Waals surface area contributed by atoms with Crippen LogP contribution >= 0.6 is 0 Å². The summed E-state index contributed by atoms with van der Waals surface area (Å²) in [5.41, 5.74) is 1.30. The van der Waals surface area contributed by atoms with Crippen molar-refractivity contribution in [1.29, 1.82) is 0 Å². The van der Waals surface area contributed by atoms with E-state index in [9.17, 15) is 14.4 Å². The van der Waals surface area contributed by atoms with Gasteiger partial charge in [0.25, 0.3) is 11.8 Å². The van der Waals surface area contributed by atoms with Crippen molar-refractivity contribution in [1.82, 2.24) is 15.1 Å². The fraction of sp³-hybridized carbons (Fsp3) is 0.348. The van der Waals surface area contributed by atoms with Gasteiger partial charge >= 0.3 is 6.03 Å². The van der Waals surface area contributed by atoms with Crippen LogP contribution in [0, 0.1) is 0 Å². The first-order chi connectivity index (χ1) is 14.9. The van der Waals surface area contributed by atoms with E-state index in [1.165, 1.54) is 7.05 Å². The van der Waals surface area contributed by atoms with Gasteiger partial charge in [-0.2, -0.15) is 0 Å². The first-order valence-corrected chi connectivity index (χ1v) is 10.1. The molecule has 0 bridgehead atoms. The van der Waals surface area contributed by atoms with Crippen LogP contribution in [0.2, 0.25) is 0 Å². The standard InChI is InChI=1S/C23H25N3O5/c1-25-21(28)23(24-22(25)29)10-12-26(13-11-23)20(27)19-14-17(31-3)8-9-18(19)15-4-6-16(30-2)7-5-15/h4-9,14H,10-13H2,1-3H3,(H,24,29). The number of nitrogens with zero attached hydrogens (tertiary/aromatic N) is 2. The highest BCUT2D eigenvalue weighted by molar-refractivity contribution is 6.07. The van der Waals surface area contributed by atoms with Gasteiger partial charge in [-0.15, -0.1) is 0 Å². The second-order valence-corrected chi connectivity index (χ2v) is 7.81. The van der Waals surface area contributed by atoms with Crippen LogP contribution < -0.4 is 14.8 Å². The van der Waals surface area contributed by atoms with Crippen LogP contribution in [0.1, 0.15) is 23.2 Å². The maximum Gasteiger partial charge on any atom is 0.324 e. The number of carbonyl (C=O) groups is 3. The van der Waals surface area contributed by atoms with Gasteiger partial charge < -0.3 is 19.7 Å². The third kappa shape index (κ3) is 3.58. The van der Waals surface area contributed by atoms with E-state index in [4.69, 9.17) is 9.47 Å². The molecule has 2 fully saturated rings. The third-order valence-electron chi connectivity index (χ3n) is 6.13. The number of imide groups is 1. The molecular weight excluding hydrogens is 398 g/mol. The second-order valence-electron chi connectivity index (χ2n) is 7.81. The highest BCUT2D eigenvalue weighted by atomic mass is 16.5. The van der Waals surface area contributed by atoms with Crippen LogP contribution in [0.3, 0.4) is 0 Å². The Hall–Kier alpha value is -3.55. The van der Waals surface area contributed by atoms with E-state index in [1.54, 1.807) is 25.2 Å². The van der Waals surface area contributed by atoms with Gasteiger partial charge in [-0.25, -0.2) is 4.79 Å². The molecule has 8 nitrogen and oxygen atoms in total. The van der Waals surface area contributed by atoms with Gasteiger partial charge in [-0.3, -0.25) is 14.5 Å². The van der Waals surface area contributed by atoms with Crippen molar-refractivity contribution in [3.8, 4) is 22.6 Å². The molecule has 0 unspecified atom stereocenters. The highest BCUT2D eigenvalue weighted by Gasteiger charge is 2.51. The monoisotopic (exact) mass is 423 g/mol. The Morgan fingerprint density at radius 1 is 0.968 bits per heavy atom. The fourth-order valence-corrected chi connectivity index (χ4v) is 4.21. The summed E-state index contributed by atoms with van der Waals surface area (Å²) in [5, 5.41) is 2.80. The zero-order chi connectivity index (χ0) is 22.2. The van der Waals surface area contributed by atoms with Gasteiger partial charge in [0.05, 0.1) is 19.8 Å². The average Bonchev–Trinajstić information content (AvgIpc) is 3.02. The predicted octanol–water partition coefficient (Wildman–Crippen LogP) is 2.53. The summed E-state index contributed by atoms with van der Waals surface area (Å²) in [4.78, 5) is 40.7. The number of urea groups is 1. The molecule has 0 aliphatic carbocycles. The molecule has 0 aromatic heterocycles. The normalized spacial score (nSPS) is 17.6. The van der Waals surface area contributed by atoms with Crippen molar-refractivity contribution in [3.63, 3.8) is 0 Å². The molecule has 0 radical (unpaired) electrons. The van der Waals surface area contributed by atoms with Gasteiger partial charge in [-0.1, -0.05) is 12.1 Å². The summed E-state index contributed by atoms with van der Waals surface area (Å²) in [5.74, 6) is 0.961. The Bertz CT molecular complexity index is 1030. The topological polar surface area (TPSA) is 88.2 Å².